The van der Waals surface area contributed by atoms with Crippen molar-refractivity contribution in [2.75, 3.05) is 13.6 Å². The number of benzene rings is 1. The largest absolute Gasteiger partial charge is 0.320 e. The van der Waals surface area contributed by atoms with Crippen molar-refractivity contribution in [3.8, 4) is 11.1 Å². The van der Waals surface area contributed by atoms with Gasteiger partial charge in [-0.05, 0) is 44.1 Å². The van der Waals surface area contributed by atoms with Crippen LogP contribution in [0.15, 0.2) is 34.9 Å². The number of halogens is 1. The maximum Gasteiger partial charge on any atom is 0.0703 e. The van der Waals surface area contributed by atoms with E-state index in [0.29, 0.717) is 0 Å². The Hall–Kier alpha value is -1.13. The van der Waals surface area contributed by atoms with Crippen LogP contribution in [0.3, 0.4) is 0 Å². The predicted molar refractivity (Wildman–Crippen MR) is 78.6 cm³/mol. The first-order valence-corrected chi connectivity index (χ1v) is 6.93. The topological polar surface area (TPSA) is 29.9 Å². The summed E-state index contributed by atoms with van der Waals surface area (Å²) >= 11 is 3.46. The Labute approximate surface area is 116 Å². The lowest BCUT2D eigenvalue weighted by Gasteiger charge is -2.03. The number of aromatic nitrogens is 2. The van der Waals surface area contributed by atoms with Gasteiger partial charge in [0.1, 0.15) is 0 Å². The smallest absolute Gasteiger partial charge is 0.0703 e. The zero-order valence-corrected chi connectivity index (χ0v) is 12.4. The second-order valence-electron chi connectivity index (χ2n) is 4.38. The molecule has 0 aliphatic rings. The molecule has 1 aromatic heterocycles. The van der Waals surface area contributed by atoms with E-state index in [2.05, 4.69) is 56.8 Å². The highest BCUT2D eigenvalue weighted by atomic mass is 79.9. The molecule has 0 saturated carbocycles. The van der Waals surface area contributed by atoms with E-state index in [0.717, 1.165) is 23.9 Å². The maximum atomic E-state index is 4.56. The van der Waals surface area contributed by atoms with Crippen molar-refractivity contribution in [3.05, 3.63) is 40.6 Å². The first kappa shape index (κ1) is 13.3. The van der Waals surface area contributed by atoms with Gasteiger partial charge in [0, 0.05) is 23.3 Å². The number of rotatable bonds is 5. The minimum atomic E-state index is 1.01. The van der Waals surface area contributed by atoms with Gasteiger partial charge in [0.25, 0.3) is 0 Å². The average molecular weight is 308 g/mol. The highest BCUT2D eigenvalue weighted by Gasteiger charge is 2.09. The SMILES string of the molecule is CNCCCc1nn(C)cc1-c1ccc(Br)cc1. The van der Waals surface area contributed by atoms with Crippen molar-refractivity contribution >= 4 is 15.9 Å². The first-order valence-electron chi connectivity index (χ1n) is 6.14. The van der Waals surface area contributed by atoms with Crippen molar-refractivity contribution < 1.29 is 0 Å². The number of nitrogens with one attached hydrogen (secondary N) is 1. The second kappa shape index (κ2) is 6.16. The quantitative estimate of drug-likeness (QED) is 0.861. The van der Waals surface area contributed by atoms with E-state index in [1.54, 1.807) is 0 Å². The van der Waals surface area contributed by atoms with Gasteiger partial charge < -0.3 is 5.32 Å². The first-order chi connectivity index (χ1) is 8.70. The highest BCUT2D eigenvalue weighted by molar-refractivity contribution is 9.10. The molecule has 1 aromatic carbocycles. The second-order valence-corrected chi connectivity index (χ2v) is 5.29. The molecule has 3 nitrogen and oxygen atoms in total. The van der Waals surface area contributed by atoms with E-state index in [4.69, 9.17) is 0 Å². The summed E-state index contributed by atoms with van der Waals surface area (Å²) in [4.78, 5) is 0. The van der Waals surface area contributed by atoms with Gasteiger partial charge in [-0.25, -0.2) is 0 Å². The maximum absolute atomic E-state index is 4.56. The minimum absolute atomic E-state index is 1.01. The molecule has 0 spiro atoms. The van der Waals surface area contributed by atoms with E-state index in [1.165, 1.54) is 16.8 Å². The van der Waals surface area contributed by atoms with Crippen LogP contribution >= 0.6 is 15.9 Å². The average Bonchev–Trinajstić information content (AvgIpc) is 2.72. The monoisotopic (exact) mass is 307 g/mol. The van der Waals surface area contributed by atoms with Gasteiger partial charge in [-0.3, -0.25) is 4.68 Å². The normalized spacial score (nSPS) is 10.8. The lowest BCUT2D eigenvalue weighted by atomic mass is 10.0. The Morgan fingerprint density at radius 2 is 2.00 bits per heavy atom. The lowest BCUT2D eigenvalue weighted by Crippen LogP contribution is -2.08. The van der Waals surface area contributed by atoms with Crippen molar-refractivity contribution in [1.29, 1.82) is 0 Å². The van der Waals surface area contributed by atoms with Crippen LogP contribution in [0.4, 0.5) is 0 Å². The highest BCUT2D eigenvalue weighted by Crippen LogP contribution is 2.25. The van der Waals surface area contributed by atoms with E-state index >= 15 is 0 Å². The van der Waals surface area contributed by atoms with Gasteiger partial charge in [0.05, 0.1) is 5.69 Å². The zero-order valence-electron chi connectivity index (χ0n) is 10.8. The van der Waals surface area contributed by atoms with Crippen LogP contribution in [0.2, 0.25) is 0 Å². The molecular formula is C14H18BrN3. The minimum Gasteiger partial charge on any atom is -0.320 e. The lowest BCUT2D eigenvalue weighted by molar-refractivity contribution is 0.689. The van der Waals surface area contributed by atoms with Crippen molar-refractivity contribution in [1.82, 2.24) is 15.1 Å². The molecule has 4 heteroatoms. The van der Waals surface area contributed by atoms with Crippen LogP contribution in [0, 0.1) is 0 Å². The summed E-state index contributed by atoms with van der Waals surface area (Å²) in [5.74, 6) is 0. The number of aryl methyl sites for hydroxylation is 2. The molecule has 1 heterocycles. The number of hydrogen-bond donors (Lipinski definition) is 1. The standard InChI is InChI=1S/C14H18BrN3/c1-16-9-3-4-14-13(10-18(2)17-14)11-5-7-12(15)8-6-11/h5-8,10,16H,3-4,9H2,1-2H3. The van der Waals surface area contributed by atoms with Gasteiger partial charge in [-0.1, -0.05) is 28.1 Å². The summed E-state index contributed by atoms with van der Waals surface area (Å²) in [5.41, 5.74) is 3.64. The van der Waals surface area contributed by atoms with E-state index in [-0.39, 0.29) is 0 Å². The fraction of sp³-hybridized carbons (Fsp3) is 0.357. The Kier molecular flexibility index (Phi) is 4.55. The molecular weight excluding hydrogens is 290 g/mol. The number of hydrogen-bond acceptors (Lipinski definition) is 2. The Bertz CT molecular complexity index is 502. The summed E-state index contributed by atoms with van der Waals surface area (Å²) in [5, 5.41) is 7.73. The zero-order chi connectivity index (χ0) is 13.0. The molecule has 0 bridgehead atoms. The van der Waals surface area contributed by atoms with Crippen LogP contribution in [-0.2, 0) is 13.5 Å². The molecule has 18 heavy (non-hydrogen) atoms. The molecule has 0 radical (unpaired) electrons. The molecule has 0 amide bonds. The molecule has 0 atom stereocenters. The van der Waals surface area contributed by atoms with E-state index < -0.39 is 0 Å². The molecule has 0 saturated heterocycles. The summed E-state index contributed by atoms with van der Waals surface area (Å²) in [6, 6.07) is 8.39. The molecule has 2 aromatic rings. The summed E-state index contributed by atoms with van der Waals surface area (Å²) in [7, 11) is 3.96. The molecule has 0 fully saturated rings. The molecule has 2 rings (SSSR count). The van der Waals surface area contributed by atoms with E-state index in [1.807, 2.05) is 18.8 Å². The van der Waals surface area contributed by atoms with Gasteiger partial charge >= 0.3 is 0 Å². The third-order valence-corrected chi connectivity index (χ3v) is 3.43. The van der Waals surface area contributed by atoms with Crippen molar-refractivity contribution in [2.24, 2.45) is 7.05 Å². The van der Waals surface area contributed by atoms with Gasteiger partial charge in [0.2, 0.25) is 0 Å². The fourth-order valence-electron chi connectivity index (χ4n) is 2.02. The fourth-order valence-corrected chi connectivity index (χ4v) is 2.29. The molecule has 0 unspecified atom stereocenters. The molecule has 96 valence electrons. The Balaban J connectivity index is 2.23. The van der Waals surface area contributed by atoms with E-state index in [9.17, 15) is 0 Å². The van der Waals surface area contributed by atoms with Crippen LogP contribution < -0.4 is 5.32 Å². The van der Waals surface area contributed by atoms with Gasteiger partial charge in [-0.2, -0.15) is 5.10 Å². The Morgan fingerprint density at radius 3 is 2.67 bits per heavy atom. The van der Waals surface area contributed by atoms with Crippen LogP contribution in [0.5, 0.6) is 0 Å². The molecule has 0 aliphatic carbocycles. The predicted octanol–water partition coefficient (Wildman–Crippen LogP) is 3.00. The van der Waals surface area contributed by atoms with Crippen molar-refractivity contribution in [2.45, 2.75) is 12.8 Å². The van der Waals surface area contributed by atoms with Gasteiger partial charge in [0.15, 0.2) is 0 Å². The van der Waals surface area contributed by atoms with Crippen LogP contribution in [0.1, 0.15) is 12.1 Å². The van der Waals surface area contributed by atoms with Crippen LogP contribution in [0.25, 0.3) is 11.1 Å². The summed E-state index contributed by atoms with van der Waals surface area (Å²) in [6.45, 7) is 1.02. The van der Waals surface area contributed by atoms with Crippen molar-refractivity contribution in [3.63, 3.8) is 0 Å². The third-order valence-electron chi connectivity index (χ3n) is 2.90. The summed E-state index contributed by atoms with van der Waals surface area (Å²) < 4.78 is 3.00. The molecule has 1 N–H and O–H groups in total. The molecule has 0 aliphatic heterocycles. The summed E-state index contributed by atoms with van der Waals surface area (Å²) in [6.07, 6.45) is 4.21. The van der Waals surface area contributed by atoms with Crippen LogP contribution in [-0.4, -0.2) is 23.4 Å². The van der Waals surface area contributed by atoms with Gasteiger partial charge in [-0.15, -0.1) is 0 Å². The third kappa shape index (κ3) is 3.21. The Morgan fingerprint density at radius 1 is 1.28 bits per heavy atom. The number of nitrogens with zero attached hydrogens (tertiary/aromatic N) is 2.